The molecule has 0 spiro atoms. The molecular weight excluding hydrogens is 589 g/mol. The standard InChI is InChI=1S/C44H38N2S/c1-5-9-15-31-17-13-19-34(27-31)46(35-20-14-18-32(28-35)16-10-6-2)36-24-26-38-37-25-23-33(43-45-41-21-11-12-22-42(41)47-43)29-39(37)44(7-3,8-4)40(38)30-36/h11-14,17-30H,7-8,15-16H2,1-4H3. The highest BCUT2D eigenvalue weighted by Gasteiger charge is 2.41. The summed E-state index contributed by atoms with van der Waals surface area (Å²) in [6, 6.07) is 40.1. The van der Waals surface area contributed by atoms with Gasteiger partial charge in [-0.25, -0.2) is 4.98 Å². The quantitative estimate of drug-likeness (QED) is 0.156. The van der Waals surface area contributed by atoms with Crippen molar-refractivity contribution in [3.63, 3.8) is 0 Å². The van der Waals surface area contributed by atoms with Crippen molar-refractivity contribution in [2.75, 3.05) is 4.90 Å². The molecule has 0 atom stereocenters. The normalized spacial score (nSPS) is 12.4. The molecule has 1 aliphatic rings. The summed E-state index contributed by atoms with van der Waals surface area (Å²) >= 11 is 1.77. The first-order chi connectivity index (χ1) is 23.1. The van der Waals surface area contributed by atoms with E-state index >= 15 is 0 Å². The lowest BCUT2D eigenvalue weighted by atomic mass is 9.73. The van der Waals surface area contributed by atoms with E-state index in [9.17, 15) is 0 Å². The molecule has 0 unspecified atom stereocenters. The van der Waals surface area contributed by atoms with E-state index in [1.165, 1.54) is 43.6 Å². The highest BCUT2D eigenvalue weighted by Crippen LogP contribution is 2.55. The Balaban J connectivity index is 1.37. The smallest absolute Gasteiger partial charge is 0.124 e. The largest absolute Gasteiger partial charge is 0.310 e. The Morgan fingerprint density at radius 1 is 0.638 bits per heavy atom. The fourth-order valence-corrected chi connectivity index (χ4v) is 8.16. The Labute approximate surface area is 283 Å². The number of hydrogen-bond acceptors (Lipinski definition) is 3. The van der Waals surface area contributed by atoms with Crippen molar-refractivity contribution in [3.8, 4) is 45.4 Å². The van der Waals surface area contributed by atoms with Gasteiger partial charge in [-0.3, -0.25) is 0 Å². The van der Waals surface area contributed by atoms with Crippen LogP contribution >= 0.6 is 11.3 Å². The zero-order valence-electron chi connectivity index (χ0n) is 27.5. The van der Waals surface area contributed by atoms with E-state index in [2.05, 4.69) is 152 Å². The Morgan fingerprint density at radius 3 is 1.85 bits per heavy atom. The second-order valence-corrected chi connectivity index (χ2v) is 13.2. The van der Waals surface area contributed by atoms with Crippen LogP contribution in [0, 0.1) is 23.7 Å². The molecule has 5 aromatic carbocycles. The van der Waals surface area contributed by atoms with Crippen LogP contribution in [0.3, 0.4) is 0 Å². The van der Waals surface area contributed by atoms with Crippen LogP contribution in [0.4, 0.5) is 17.1 Å². The molecule has 0 radical (unpaired) electrons. The third kappa shape index (κ3) is 5.52. The summed E-state index contributed by atoms with van der Waals surface area (Å²) in [7, 11) is 0. The minimum absolute atomic E-state index is 0.0871. The Hall–Kier alpha value is -5.09. The van der Waals surface area contributed by atoms with E-state index in [1.807, 2.05) is 13.8 Å². The Morgan fingerprint density at radius 2 is 1.23 bits per heavy atom. The van der Waals surface area contributed by atoms with Gasteiger partial charge in [0.15, 0.2) is 0 Å². The lowest BCUT2D eigenvalue weighted by Crippen LogP contribution is -2.23. The van der Waals surface area contributed by atoms with Crippen molar-refractivity contribution >= 4 is 38.6 Å². The maximum absolute atomic E-state index is 5.01. The van der Waals surface area contributed by atoms with Crippen LogP contribution in [0.1, 0.15) is 62.8 Å². The first kappa shape index (κ1) is 30.6. The zero-order chi connectivity index (χ0) is 32.4. The summed E-state index contributed by atoms with van der Waals surface area (Å²) in [6.07, 6.45) is 3.50. The molecule has 0 bridgehead atoms. The number of para-hydroxylation sites is 1. The van der Waals surface area contributed by atoms with Gasteiger partial charge in [-0.05, 0) is 115 Å². The van der Waals surface area contributed by atoms with Gasteiger partial charge in [-0.15, -0.1) is 23.2 Å². The molecule has 0 amide bonds. The van der Waals surface area contributed by atoms with Crippen molar-refractivity contribution in [3.05, 3.63) is 131 Å². The van der Waals surface area contributed by atoms with E-state index in [1.54, 1.807) is 11.3 Å². The number of benzene rings is 5. The molecule has 1 heterocycles. The van der Waals surface area contributed by atoms with Crippen LogP contribution in [-0.2, 0) is 18.3 Å². The summed E-state index contributed by atoms with van der Waals surface area (Å²) in [5, 5.41) is 1.08. The van der Waals surface area contributed by atoms with E-state index in [0.29, 0.717) is 0 Å². The van der Waals surface area contributed by atoms with Crippen molar-refractivity contribution in [1.29, 1.82) is 0 Å². The maximum atomic E-state index is 5.01. The van der Waals surface area contributed by atoms with Crippen LogP contribution in [0.5, 0.6) is 0 Å². The van der Waals surface area contributed by atoms with E-state index in [-0.39, 0.29) is 5.41 Å². The molecule has 0 N–H and O–H groups in total. The SMILES string of the molecule is CC#CCc1cccc(N(c2cccc(CC#CC)c2)c2ccc3c(c2)C(CC)(CC)c2cc(-c4nc5ccccc5s4)ccc2-3)c1. The molecule has 0 saturated heterocycles. The molecule has 0 saturated carbocycles. The predicted molar refractivity (Wildman–Crippen MR) is 201 cm³/mol. The van der Waals surface area contributed by atoms with Crippen molar-refractivity contribution in [2.45, 2.75) is 58.8 Å². The molecule has 1 aliphatic carbocycles. The van der Waals surface area contributed by atoms with Gasteiger partial charge >= 0.3 is 0 Å². The van der Waals surface area contributed by atoms with Gasteiger partial charge in [0.2, 0.25) is 0 Å². The average molecular weight is 627 g/mol. The summed E-state index contributed by atoms with van der Waals surface area (Å²) in [5.41, 5.74) is 13.5. The highest BCUT2D eigenvalue weighted by molar-refractivity contribution is 7.21. The number of thiazole rings is 1. The predicted octanol–water partition coefficient (Wildman–Crippen LogP) is 11.7. The number of fused-ring (bicyclic) bond motifs is 4. The van der Waals surface area contributed by atoms with Crippen LogP contribution in [-0.4, -0.2) is 4.98 Å². The molecule has 0 fully saturated rings. The van der Waals surface area contributed by atoms with Crippen molar-refractivity contribution < 1.29 is 0 Å². The van der Waals surface area contributed by atoms with Crippen molar-refractivity contribution in [1.82, 2.24) is 4.98 Å². The van der Waals surface area contributed by atoms with Gasteiger partial charge in [0.1, 0.15) is 5.01 Å². The molecule has 47 heavy (non-hydrogen) atoms. The van der Waals surface area contributed by atoms with Gasteiger partial charge in [-0.1, -0.05) is 80.3 Å². The van der Waals surface area contributed by atoms with E-state index in [0.717, 1.165) is 53.3 Å². The van der Waals surface area contributed by atoms with Crippen LogP contribution < -0.4 is 4.90 Å². The fourth-order valence-electron chi connectivity index (χ4n) is 7.20. The number of aromatic nitrogens is 1. The second-order valence-electron chi connectivity index (χ2n) is 12.1. The zero-order valence-corrected chi connectivity index (χ0v) is 28.3. The monoisotopic (exact) mass is 626 g/mol. The summed E-state index contributed by atoms with van der Waals surface area (Å²) in [5.74, 6) is 12.6. The lowest BCUT2D eigenvalue weighted by Gasteiger charge is -2.32. The van der Waals surface area contributed by atoms with Crippen LogP contribution in [0.25, 0.3) is 31.9 Å². The fraction of sp³-hybridized carbons (Fsp3) is 0.205. The average Bonchev–Trinajstić information content (AvgIpc) is 3.67. The van der Waals surface area contributed by atoms with E-state index in [4.69, 9.17) is 4.98 Å². The van der Waals surface area contributed by atoms with Crippen molar-refractivity contribution in [2.24, 2.45) is 0 Å². The molecule has 7 rings (SSSR count). The third-order valence-electron chi connectivity index (χ3n) is 9.63. The molecule has 3 heteroatoms. The van der Waals surface area contributed by atoms with Crippen LogP contribution in [0.15, 0.2) is 109 Å². The lowest BCUT2D eigenvalue weighted by molar-refractivity contribution is 0.490. The molecular formula is C44H38N2S. The summed E-state index contributed by atoms with van der Waals surface area (Å²) in [4.78, 5) is 7.41. The topological polar surface area (TPSA) is 16.1 Å². The highest BCUT2D eigenvalue weighted by atomic mass is 32.1. The van der Waals surface area contributed by atoms with E-state index < -0.39 is 0 Å². The first-order valence-corrected chi connectivity index (χ1v) is 17.3. The number of rotatable bonds is 8. The first-order valence-electron chi connectivity index (χ1n) is 16.5. The summed E-state index contributed by atoms with van der Waals surface area (Å²) in [6.45, 7) is 8.49. The third-order valence-corrected chi connectivity index (χ3v) is 10.7. The van der Waals surface area contributed by atoms with Gasteiger partial charge in [0, 0.05) is 40.9 Å². The van der Waals surface area contributed by atoms with Gasteiger partial charge in [-0.2, -0.15) is 0 Å². The second kappa shape index (κ2) is 13.0. The minimum atomic E-state index is -0.0871. The van der Waals surface area contributed by atoms with Crippen LogP contribution in [0.2, 0.25) is 0 Å². The molecule has 6 aromatic rings. The van der Waals surface area contributed by atoms with Gasteiger partial charge in [0.05, 0.1) is 10.2 Å². The molecule has 2 nitrogen and oxygen atoms in total. The summed E-state index contributed by atoms with van der Waals surface area (Å²) < 4.78 is 1.23. The molecule has 0 aliphatic heterocycles. The number of anilines is 3. The Kier molecular flexibility index (Phi) is 8.43. The minimum Gasteiger partial charge on any atom is -0.310 e. The number of nitrogens with zero attached hydrogens (tertiary/aromatic N) is 2. The van der Waals surface area contributed by atoms with Gasteiger partial charge in [0.25, 0.3) is 0 Å². The molecule has 1 aromatic heterocycles. The molecule has 230 valence electrons. The Bertz CT molecular complexity index is 2130. The number of hydrogen-bond donors (Lipinski definition) is 0. The maximum Gasteiger partial charge on any atom is 0.124 e. The van der Waals surface area contributed by atoms with Gasteiger partial charge < -0.3 is 4.90 Å².